The lowest BCUT2D eigenvalue weighted by Gasteiger charge is -2.32. The van der Waals surface area contributed by atoms with Crippen molar-refractivity contribution in [2.75, 3.05) is 6.61 Å². The maximum atomic E-state index is 13.1. The fraction of sp³-hybridized carbons (Fsp3) is 0.235. The van der Waals surface area contributed by atoms with Crippen LogP contribution in [0, 0.1) is 6.92 Å². The molecule has 41 heavy (non-hydrogen) atoms. The van der Waals surface area contributed by atoms with E-state index in [9.17, 15) is 8.42 Å². The van der Waals surface area contributed by atoms with Gasteiger partial charge in [-0.05, 0) is 35.7 Å². The lowest BCUT2D eigenvalue weighted by molar-refractivity contribution is -0.146. The van der Waals surface area contributed by atoms with E-state index in [1.165, 1.54) is 12.1 Å². The van der Waals surface area contributed by atoms with Gasteiger partial charge in [0.1, 0.15) is 18.3 Å². The number of hydrogen-bond acceptors (Lipinski definition) is 6. The van der Waals surface area contributed by atoms with Gasteiger partial charge in [0.25, 0.3) is 10.1 Å². The molecule has 0 saturated carbocycles. The summed E-state index contributed by atoms with van der Waals surface area (Å²) in [5, 5.41) is 0. The molecule has 0 aliphatic rings. The SMILES string of the molecule is C=C[C@H](OCc1ccccc1)[C@H](OCc1ccccc1)[C@H](COS(=O)(=O)c1ccc(C)cc1)OCc1ccccc1. The van der Waals surface area contributed by atoms with Crippen LogP contribution in [0.15, 0.2) is 133 Å². The van der Waals surface area contributed by atoms with E-state index in [1.54, 1.807) is 18.2 Å². The highest BCUT2D eigenvalue weighted by atomic mass is 32.2. The molecule has 3 atom stereocenters. The van der Waals surface area contributed by atoms with Crippen molar-refractivity contribution in [1.29, 1.82) is 0 Å². The molecule has 0 aliphatic heterocycles. The van der Waals surface area contributed by atoms with Gasteiger partial charge in [0.2, 0.25) is 0 Å². The maximum absolute atomic E-state index is 13.1. The first-order chi connectivity index (χ1) is 19.9. The van der Waals surface area contributed by atoms with E-state index in [2.05, 4.69) is 6.58 Å². The molecule has 0 N–H and O–H groups in total. The minimum absolute atomic E-state index is 0.0762. The van der Waals surface area contributed by atoms with Crippen LogP contribution >= 0.6 is 0 Å². The summed E-state index contributed by atoms with van der Waals surface area (Å²) in [4.78, 5) is 0.0762. The van der Waals surface area contributed by atoms with E-state index in [0.29, 0.717) is 6.61 Å². The summed E-state index contributed by atoms with van der Waals surface area (Å²) in [6.07, 6.45) is -0.497. The van der Waals surface area contributed by atoms with Crippen molar-refractivity contribution in [3.63, 3.8) is 0 Å². The van der Waals surface area contributed by atoms with Crippen LogP contribution in [0.2, 0.25) is 0 Å². The van der Waals surface area contributed by atoms with Crippen molar-refractivity contribution in [2.24, 2.45) is 0 Å². The standard InChI is InChI=1S/C34H36O6S/c1-3-32(37-23-28-13-7-4-8-14-28)34(39-25-30-17-11-6-12-18-30)33(38-24-29-15-9-5-10-16-29)26-40-41(35,36)31-21-19-27(2)20-22-31/h3-22,32-34H,1,23-26H2,2H3/t32-,33-,34-/m0/s1. The fourth-order valence-corrected chi connectivity index (χ4v) is 5.11. The smallest absolute Gasteiger partial charge is 0.297 e. The predicted octanol–water partition coefficient (Wildman–Crippen LogP) is 6.64. The quantitative estimate of drug-likeness (QED) is 0.111. The topological polar surface area (TPSA) is 71.1 Å². The van der Waals surface area contributed by atoms with Crippen LogP contribution in [0.5, 0.6) is 0 Å². The van der Waals surface area contributed by atoms with E-state index in [-0.39, 0.29) is 24.7 Å². The first kappa shape index (κ1) is 30.4. The third kappa shape index (κ3) is 9.49. The average Bonchev–Trinajstić information content (AvgIpc) is 3.01. The highest BCUT2D eigenvalue weighted by Crippen LogP contribution is 2.22. The Kier molecular flexibility index (Phi) is 11.4. The summed E-state index contributed by atoms with van der Waals surface area (Å²) in [6, 6.07) is 35.7. The highest BCUT2D eigenvalue weighted by Gasteiger charge is 2.33. The Hall–Kier alpha value is -3.59. The summed E-state index contributed by atoms with van der Waals surface area (Å²) >= 11 is 0. The predicted molar refractivity (Wildman–Crippen MR) is 160 cm³/mol. The third-order valence-corrected chi connectivity index (χ3v) is 7.79. The number of hydrogen-bond donors (Lipinski definition) is 0. The van der Waals surface area contributed by atoms with Gasteiger partial charge in [-0.25, -0.2) is 0 Å². The van der Waals surface area contributed by atoms with E-state index in [4.69, 9.17) is 18.4 Å². The monoisotopic (exact) mass is 572 g/mol. The molecule has 6 nitrogen and oxygen atoms in total. The lowest BCUT2D eigenvalue weighted by Crippen LogP contribution is -2.44. The van der Waals surface area contributed by atoms with Crippen molar-refractivity contribution in [3.05, 3.63) is 150 Å². The van der Waals surface area contributed by atoms with Gasteiger partial charge in [0.15, 0.2) is 0 Å². The number of ether oxygens (including phenoxy) is 3. The molecule has 0 aliphatic carbocycles. The molecule has 0 aromatic heterocycles. The number of aryl methyl sites for hydroxylation is 1. The zero-order valence-corrected chi connectivity index (χ0v) is 24.0. The summed E-state index contributed by atoms with van der Waals surface area (Å²) in [5.74, 6) is 0. The molecular formula is C34H36O6S. The Bertz CT molecular complexity index is 1430. The first-order valence-corrected chi connectivity index (χ1v) is 14.9. The van der Waals surface area contributed by atoms with Crippen LogP contribution in [0.1, 0.15) is 22.3 Å². The Morgan fingerprint density at radius 1 is 0.659 bits per heavy atom. The molecule has 0 bridgehead atoms. The van der Waals surface area contributed by atoms with Crippen LogP contribution in [0.3, 0.4) is 0 Å². The maximum Gasteiger partial charge on any atom is 0.297 e. The van der Waals surface area contributed by atoms with Crippen molar-refractivity contribution >= 4 is 10.1 Å². The van der Waals surface area contributed by atoms with Crippen LogP contribution in [0.25, 0.3) is 0 Å². The molecule has 0 fully saturated rings. The van der Waals surface area contributed by atoms with Gasteiger partial charge < -0.3 is 14.2 Å². The second-order valence-corrected chi connectivity index (χ2v) is 11.3. The van der Waals surface area contributed by atoms with Gasteiger partial charge in [0.05, 0.1) is 31.3 Å². The van der Waals surface area contributed by atoms with E-state index >= 15 is 0 Å². The summed E-state index contributed by atoms with van der Waals surface area (Å²) in [5.41, 5.74) is 3.83. The minimum atomic E-state index is -4.05. The molecule has 4 rings (SSSR count). The normalized spacial score (nSPS) is 13.8. The van der Waals surface area contributed by atoms with Gasteiger partial charge in [-0.2, -0.15) is 8.42 Å². The molecule has 7 heteroatoms. The summed E-state index contributed by atoms with van der Waals surface area (Å²) < 4.78 is 50.8. The molecular weight excluding hydrogens is 536 g/mol. The first-order valence-electron chi connectivity index (χ1n) is 13.5. The van der Waals surface area contributed by atoms with E-state index in [1.807, 2.05) is 97.9 Å². The summed E-state index contributed by atoms with van der Waals surface area (Å²) in [6.45, 7) is 6.42. The lowest BCUT2D eigenvalue weighted by atomic mass is 10.1. The molecule has 0 saturated heterocycles. The third-order valence-electron chi connectivity index (χ3n) is 6.50. The second-order valence-electron chi connectivity index (χ2n) is 9.64. The van der Waals surface area contributed by atoms with Crippen molar-refractivity contribution in [2.45, 2.75) is 50.0 Å². The van der Waals surface area contributed by atoms with E-state index < -0.39 is 28.4 Å². The fourth-order valence-electron chi connectivity index (χ4n) is 4.19. The molecule has 0 radical (unpaired) electrons. The van der Waals surface area contributed by atoms with Crippen LogP contribution in [-0.2, 0) is 48.3 Å². The van der Waals surface area contributed by atoms with Crippen molar-refractivity contribution < 1.29 is 26.8 Å². The van der Waals surface area contributed by atoms with Gasteiger partial charge >= 0.3 is 0 Å². The molecule has 0 heterocycles. The molecule has 0 spiro atoms. The van der Waals surface area contributed by atoms with Gasteiger partial charge in [-0.3, -0.25) is 4.18 Å². The van der Waals surface area contributed by atoms with Gasteiger partial charge in [-0.15, -0.1) is 6.58 Å². The zero-order valence-electron chi connectivity index (χ0n) is 23.2. The minimum Gasteiger partial charge on any atom is -0.368 e. The number of rotatable bonds is 16. The largest absolute Gasteiger partial charge is 0.368 e. The second kappa shape index (κ2) is 15.4. The Balaban J connectivity index is 1.59. The van der Waals surface area contributed by atoms with Gasteiger partial charge in [0, 0.05) is 0 Å². The molecule has 214 valence electrons. The van der Waals surface area contributed by atoms with Crippen LogP contribution < -0.4 is 0 Å². The number of benzene rings is 4. The summed E-state index contributed by atoms with van der Waals surface area (Å²) in [7, 11) is -4.05. The van der Waals surface area contributed by atoms with Crippen LogP contribution in [0.4, 0.5) is 0 Å². The molecule has 0 amide bonds. The Morgan fingerprint density at radius 3 is 1.61 bits per heavy atom. The Morgan fingerprint density at radius 2 is 1.12 bits per heavy atom. The average molecular weight is 573 g/mol. The Labute approximate surface area is 243 Å². The molecule has 4 aromatic rings. The van der Waals surface area contributed by atoms with Crippen LogP contribution in [-0.4, -0.2) is 33.3 Å². The van der Waals surface area contributed by atoms with Gasteiger partial charge in [-0.1, -0.05) is 115 Å². The zero-order chi connectivity index (χ0) is 28.9. The van der Waals surface area contributed by atoms with E-state index in [0.717, 1.165) is 22.3 Å². The highest BCUT2D eigenvalue weighted by molar-refractivity contribution is 7.86. The molecule has 0 unspecified atom stereocenters. The molecule has 4 aromatic carbocycles. The van der Waals surface area contributed by atoms with Crippen molar-refractivity contribution in [1.82, 2.24) is 0 Å². The van der Waals surface area contributed by atoms with Crippen molar-refractivity contribution in [3.8, 4) is 0 Å².